The minimum Gasteiger partial charge on any atom is -0.435 e. The molecule has 0 saturated carbocycles. The van der Waals surface area contributed by atoms with E-state index >= 15 is 0 Å². The van der Waals surface area contributed by atoms with Gasteiger partial charge in [-0.05, 0) is 61.2 Å². The molecule has 0 aliphatic carbocycles. The average molecular weight is 417 g/mol. The zero-order valence-corrected chi connectivity index (χ0v) is 16.6. The van der Waals surface area contributed by atoms with E-state index in [4.69, 9.17) is 0 Å². The van der Waals surface area contributed by atoms with Crippen LogP contribution in [0.4, 0.5) is 14.5 Å². The van der Waals surface area contributed by atoms with E-state index in [0.717, 1.165) is 18.8 Å². The van der Waals surface area contributed by atoms with Crippen molar-refractivity contribution >= 4 is 17.5 Å². The number of alkyl halides is 2. The fourth-order valence-corrected chi connectivity index (χ4v) is 3.33. The van der Waals surface area contributed by atoms with Crippen LogP contribution in [0, 0.1) is 0 Å². The van der Waals surface area contributed by atoms with E-state index < -0.39 is 6.61 Å². The molecule has 160 valence electrons. The molecule has 0 aromatic heterocycles. The van der Waals surface area contributed by atoms with Gasteiger partial charge in [0, 0.05) is 30.9 Å². The lowest BCUT2D eigenvalue weighted by atomic mass is 10.1. The summed E-state index contributed by atoms with van der Waals surface area (Å²) in [5.74, 6) is -0.686. The Morgan fingerprint density at radius 3 is 2.43 bits per heavy atom. The van der Waals surface area contributed by atoms with Gasteiger partial charge in [0.1, 0.15) is 5.75 Å². The molecule has 0 unspecified atom stereocenters. The molecule has 1 heterocycles. The van der Waals surface area contributed by atoms with Gasteiger partial charge in [0.15, 0.2) is 0 Å². The standard InChI is InChI=1S/C22H25F2N3O3/c23-22(24)30-19-6-4-5-16(13-19)14-25-20(28)15-26-21(29)17-7-9-18(10-8-17)27-11-2-1-3-12-27/h4-10,13,22H,1-3,11-12,14-15H2,(H,25,28)(H,26,29). The summed E-state index contributed by atoms with van der Waals surface area (Å²) in [6, 6.07) is 13.4. The molecule has 1 aliphatic rings. The maximum absolute atomic E-state index is 12.3. The monoisotopic (exact) mass is 417 g/mol. The van der Waals surface area contributed by atoms with Crippen molar-refractivity contribution < 1.29 is 23.1 Å². The Balaban J connectivity index is 1.43. The largest absolute Gasteiger partial charge is 0.435 e. The number of hydrogen-bond donors (Lipinski definition) is 2. The second-order valence-electron chi connectivity index (χ2n) is 7.08. The number of carbonyl (C=O) groups excluding carboxylic acids is 2. The van der Waals surface area contributed by atoms with Gasteiger partial charge in [0.2, 0.25) is 5.91 Å². The molecule has 1 aliphatic heterocycles. The summed E-state index contributed by atoms with van der Waals surface area (Å²) in [5, 5.41) is 5.22. The van der Waals surface area contributed by atoms with Crippen molar-refractivity contribution in [3.63, 3.8) is 0 Å². The van der Waals surface area contributed by atoms with E-state index in [0.29, 0.717) is 11.1 Å². The van der Waals surface area contributed by atoms with Crippen LogP contribution in [0.15, 0.2) is 48.5 Å². The summed E-state index contributed by atoms with van der Waals surface area (Å²) in [6.07, 6.45) is 3.62. The molecular formula is C22H25F2N3O3. The molecule has 1 saturated heterocycles. The van der Waals surface area contributed by atoms with E-state index in [1.165, 1.54) is 31.4 Å². The lowest BCUT2D eigenvalue weighted by Gasteiger charge is -2.28. The fraction of sp³-hybridized carbons (Fsp3) is 0.364. The van der Waals surface area contributed by atoms with Crippen LogP contribution >= 0.6 is 0 Å². The number of nitrogens with one attached hydrogen (secondary N) is 2. The first-order valence-electron chi connectivity index (χ1n) is 9.95. The molecule has 30 heavy (non-hydrogen) atoms. The summed E-state index contributed by atoms with van der Waals surface area (Å²) in [4.78, 5) is 26.6. The number of nitrogens with zero attached hydrogens (tertiary/aromatic N) is 1. The molecular weight excluding hydrogens is 392 g/mol. The molecule has 3 rings (SSSR count). The smallest absolute Gasteiger partial charge is 0.387 e. The van der Waals surface area contributed by atoms with E-state index in [1.54, 1.807) is 24.3 Å². The van der Waals surface area contributed by atoms with Gasteiger partial charge in [-0.25, -0.2) is 0 Å². The SMILES string of the molecule is O=C(CNC(=O)c1ccc(N2CCCCC2)cc1)NCc1cccc(OC(F)F)c1. The topological polar surface area (TPSA) is 70.7 Å². The van der Waals surface area contributed by atoms with Crippen LogP contribution in [0.2, 0.25) is 0 Å². The van der Waals surface area contributed by atoms with Gasteiger partial charge in [-0.3, -0.25) is 9.59 Å². The Morgan fingerprint density at radius 1 is 1.00 bits per heavy atom. The van der Waals surface area contributed by atoms with Gasteiger partial charge in [0.25, 0.3) is 5.91 Å². The Morgan fingerprint density at radius 2 is 1.73 bits per heavy atom. The molecule has 2 aromatic rings. The molecule has 0 bridgehead atoms. The summed E-state index contributed by atoms with van der Waals surface area (Å²) < 4.78 is 28.9. The zero-order chi connectivity index (χ0) is 21.3. The number of hydrogen-bond acceptors (Lipinski definition) is 4. The van der Waals surface area contributed by atoms with Crippen LogP contribution in [0.3, 0.4) is 0 Å². The summed E-state index contributed by atoms with van der Waals surface area (Å²) in [7, 11) is 0. The lowest BCUT2D eigenvalue weighted by molar-refractivity contribution is -0.120. The highest BCUT2D eigenvalue weighted by atomic mass is 19.3. The highest BCUT2D eigenvalue weighted by Crippen LogP contribution is 2.20. The third-order valence-corrected chi connectivity index (χ3v) is 4.87. The first kappa shape index (κ1) is 21.5. The van der Waals surface area contributed by atoms with Gasteiger partial charge in [-0.1, -0.05) is 12.1 Å². The highest BCUT2D eigenvalue weighted by molar-refractivity contribution is 5.96. The van der Waals surface area contributed by atoms with Crippen molar-refractivity contribution in [1.82, 2.24) is 10.6 Å². The maximum Gasteiger partial charge on any atom is 0.387 e. The third kappa shape index (κ3) is 6.43. The Kier molecular flexibility index (Phi) is 7.59. The van der Waals surface area contributed by atoms with E-state index in [9.17, 15) is 18.4 Å². The molecule has 8 heteroatoms. The number of piperidine rings is 1. The van der Waals surface area contributed by atoms with E-state index in [-0.39, 0.29) is 30.7 Å². The number of amides is 2. The number of benzene rings is 2. The second kappa shape index (κ2) is 10.6. The number of carbonyl (C=O) groups is 2. The highest BCUT2D eigenvalue weighted by Gasteiger charge is 2.13. The summed E-state index contributed by atoms with van der Waals surface area (Å²) in [5.41, 5.74) is 2.20. The van der Waals surface area contributed by atoms with Gasteiger partial charge in [-0.2, -0.15) is 8.78 Å². The molecule has 2 aromatic carbocycles. The number of halogens is 2. The first-order chi connectivity index (χ1) is 14.5. The average Bonchev–Trinajstić information content (AvgIpc) is 2.76. The predicted octanol–water partition coefficient (Wildman–Crippen LogP) is 3.32. The Bertz CT molecular complexity index is 853. The number of rotatable bonds is 8. The van der Waals surface area contributed by atoms with E-state index in [1.807, 2.05) is 12.1 Å². The number of anilines is 1. The summed E-state index contributed by atoms with van der Waals surface area (Å²) >= 11 is 0. The van der Waals surface area contributed by atoms with Crippen LogP contribution in [0.1, 0.15) is 35.2 Å². The molecule has 2 N–H and O–H groups in total. The van der Waals surface area contributed by atoms with Crippen LogP contribution in [-0.4, -0.2) is 38.1 Å². The molecule has 0 atom stereocenters. The van der Waals surface area contributed by atoms with Gasteiger partial charge < -0.3 is 20.3 Å². The Labute approximate surface area is 174 Å². The quantitative estimate of drug-likeness (QED) is 0.691. The minimum absolute atomic E-state index is 0.0260. The maximum atomic E-state index is 12.3. The van der Waals surface area contributed by atoms with Gasteiger partial charge >= 0.3 is 6.61 Å². The van der Waals surface area contributed by atoms with Crippen molar-refractivity contribution in [1.29, 1.82) is 0 Å². The number of ether oxygens (including phenoxy) is 1. The molecule has 6 nitrogen and oxygen atoms in total. The lowest BCUT2D eigenvalue weighted by Crippen LogP contribution is -2.36. The molecule has 1 fully saturated rings. The van der Waals surface area contributed by atoms with Crippen LogP contribution in [0.5, 0.6) is 5.75 Å². The summed E-state index contributed by atoms with van der Waals surface area (Å²) in [6.45, 7) is -0.885. The Hall–Kier alpha value is -3.16. The molecule has 0 spiro atoms. The van der Waals surface area contributed by atoms with Crippen molar-refractivity contribution in [2.45, 2.75) is 32.4 Å². The van der Waals surface area contributed by atoms with Crippen LogP contribution in [-0.2, 0) is 11.3 Å². The third-order valence-electron chi connectivity index (χ3n) is 4.87. The predicted molar refractivity (Wildman–Crippen MR) is 110 cm³/mol. The first-order valence-corrected chi connectivity index (χ1v) is 9.95. The van der Waals surface area contributed by atoms with Crippen molar-refractivity contribution in [3.05, 3.63) is 59.7 Å². The molecule has 2 amide bonds. The normalized spacial score (nSPS) is 13.8. The van der Waals surface area contributed by atoms with Crippen molar-refractivity contribution in [3.8, 4) is 5.75 Å². The van der Waals surface area contributed by atoms with Gasteiger partial charge in [0.05, 0.1) is 6.54 Å². The van der Waals surface area contributed by atoms with Crippen molar-refractivity contribution in [2.24, 2.45) is 0 Å². The van der Waals surface area contributed by atoms with Gasteiger partial charge in [-0.15, -0.1) is 0 Å². The van der Waals surface area contributed by atoms with Crippen LogP contribution < -0.4 is 20.3 Å². The minimum atomic E-state index is -2.90. The van der Waals surface area contributed by atoms with Crippen LogP contribution in [0.25, 0.3) is 0 Å². The fourth-order valence-electron chi connectivity index (χ4n) is 3.33. The van der Waals surface area contributed by atoms with Crippen molar-refractivity contribution in [2.75, 3.05) is 24.5 Å². The second-order valence-corrected chi connectivity index (χ2v) is 7.08. The molecule has 0 radical (unpaired) electrons. The zero-order valence-electron chi connectivity index (χ0n) is 16.6. The van der Waals surface area contributed by atoms with E-state index in [2.05, 4.69) is 20.3 Å².